The molecule has 0 aromatic rings. The summed E-state index contributed by atoms with van der Waals surface area (Å²) in [5.41, 5.74) is 0.239. The highest BCUT2D eigenvalue weighted by Crippen LogP contribution is 2.53. The molecule has 0 bridgehead atoms. The minimum Gasteiger partial charge on any atom is -0.457 e. The van der Waals surface area contributed by atoms with E-state index < -0.39 is 32.3 Å². The second kappa shape index (κ2) is 13.0. The fraction of sp³-hybridized carbons (Fsp3) is 0.667. The van der Waals surface area contributed by atoms with Gasteiger partial charge in [-0.25, -0.2) is 9.59 Å². The van der Waals surface area contributed by atoms with Crippen LogP contribution in [0.5, 0.6) is 0 Å². The molecule has 0 saturated carbocycles. The molecule has 0 unspecified atom stereocenters. The Kier molecular flexibility index (Phi) is 10.5. The third kappa shape index (κ3) is 6.50. The van der Waals surface area contributed by atoms with Gasteiger partial charge in [-0.3, -0.25) is 14.5 Å². The normalized spacial score (nSPS) is 26.4. The Labute approximate surface area is 255 Å². The van der Waals surface area contributed by atoms with Crippen molar-refractivity contribution in [2.45, 2.75) is 82.6 Å². The van der Waals surface area contributed by atoms with Gasteiger partial charge >= 0.3 is 12.1 Å². The van der Waals surface area contributed by atoms with Crippen molar-refractivity contribution in [2.24, 2.45) is 11.8 Å². The number of esters is 1. The van der Waals surface area contributed by atoms with Crippen LogP contribution in [0.15, 0.2) is 35.9 Å². The van der Waals surface area contributed by atoms with Gasteiger partial charge < -0.3 is 23.7 Å². The first-order chi connectivity index (χ1) is 19.5. The van der Waals surface area contributed by atoms with Gasteiger partial charge in [-0.05, 0) is 31.5 Å². The average Bonchev–Trinajstić information content (AvgIpc) is 3.42. The monoisotopic (exact) mass is 621 g/mol. The molecule has 2 saturated heterocycles. The minimum absolute atomic E-state index is 0.0153. The summed E-state index contributed by atoms with van der Waals surface area (Å²) in [5, 5.41) is -0.224. The maximum Gasteiger partial charge on any atom is 0.410 e. The van der Waals surface area contributed by atoms with Crippen LogP contribution in [0, 0.1) is 11.8 Å². The van der Waals surface area contributed by atoms with Gasteiger partial charge in [0.2, 0.25) is 11.8 Å². The van der Waals surface area contributed by atoms with Gasteiger partial charge in [-0.2, -0.15) is 0 Å². The van der Waals surface area contributed by atoms with Crippen molar-refractivity contribution in [3.63, 3.8) is 0 Å². The minimum atomic E-state index is -2.15. The lowest BCUT2D eigenvalue weighted by Crippen LogP contribution is -2.65. The van der Waals surface area contributed by atoms with Gasteiger partial charge in [0.15, 0.2) is 8.32 Å². The van der Waals surface area contributed by atoms with Crippen molar-refractivity contribution in [1.29, 1.82) is 0 Å². The lowest BCUT2D eigenvalue weighted by Gasteiger charge is -2.50. The van der Waals surface area contributed by atoms with Crippen molar-refractivity contribution in [1.82, 2.24) is 14.7 Å². The molecule has 0 radical (unpaired) electrons. The van der Waals surface area contributed by atoms with Crippen molar-refractivity contribution >= 4 is 44.0 Å². The number of likely N-dealkylation sites (N-methyl/N-ethyl adjacent to an activating group) is 1. The highest BCUT2D eigenvalue weighted by molar-refractivity contribution is 8.03. The first kappa shape index (κ1) is 33.9. The summed E-state index contributed by atoms with van der Waals surface area (Å²) in [5.74, 6) is -1.51. The summed E-state index contributed by atoms with van der Waals surface area (Å²) in [6.45, 7) is 22.3. The van der Waals surface area contributed by atoms with Crippen LogP contribution in [-0.4, -0.2) is 104 Å². The molecule has 10 nitrogen and oxygen atoms in total. The fourth-order valence-corrected chi connectivity index (χ4v) is 8.53. The first-order valence-electron chi connectivity index (χ1n) is 14.4. The van der Waals surface area contributed by atoms with Gasteiger partial charge in [-0.15, -0.1) is 11.8 Å². The number of hydrogen-bond donors (Lipinski definition) is 0. The highest BCUT2D eigenvalue weighted by Gasteiger charge is 2.61. The Morgan fingerprint density at radius 3 is 2.29 bits per heavy atom. The van der Waals surface area contributed by atoms with Crippen LogP contribution in [0.4, 0.5) is 4.79 Å². The molecule has 0 aliphatic carbocycles. The maximum atomic E-state index is 13.7. The van der Waals surface area contributed by atoms with Gasteiger partial charge in [0, 0.05) is 36.7 Å². The molecule has 3 amide bonds. The Balaban J connectivity index is 1.91. The number of fused-ring (bicyclic) bond motifs is 1. The zero-order valence-electron chi connectivity index (χ0n) is 26.5. The number of β-lactam (4-membered cyclic amide) rings is 1. The third-order valence-corrected chi connectivity index (χ3v) is 14.8. The summed E-state index contributed by atoms with van der Waals surface area (Å²) in [4.78, 5) is 58.1. The second-order valence-electron chi connectivity index (χ2n) is 12.9. The number of likely N-dealkylation sites (tertiary alicyclic amines) is 1. The smallest absolute Gasteiger partial charge is 0.410 e. The third-order valence-electron chi connectivity index (χ3n) is 8.75. The van der Waals surface area contributed by atoms with Gasteiger partial charge in [0.1, 0.15) is 25.0 Å². The van der Waals surface area contributed by atoms with Crippen LogP contribution >= 0.6 is 11.8 Å². The van der Waals surface area contributed by atoms with Gasteiger partial charge in [0.25, 0.3) is 0 Å². The molecule has 42 heavy (non-hydrogen) atoms. The average molecular weight is 622 g/mol. The quantitative estimate of drug-likeness (QED) is 0.145. The standard InChI is InChI=1S/C30H47N3O7SSi/c1-12-14-38-28(36)24-25(41-20-16-21(26(34)31(8)9)32(17-20)29(37)39-15-13-2)18(3)23-22(27(35)33(23)24)19(4)40-42(10,11)30(5,6)7/h12-13,18-23H,1-2,14-17H2,3-11H3/t18-,19-,20+,21+,22-,23-/m1/s1. The van der Waals surface area contributed by atoms with E-state index in [-0.39, 0.29) is 65.6 Å². The molecule has 0 N–H and O–H groups in total. The van der Waals surface area contributed by atoms with Crippen LogP contribution in [0.2, 0.25) is 18.1 Å². The van der Waals surface area contributed by atoms with E-state index in [0.29, 0.717) is 6.42 Å². The molecule has 0 aromatic carbocycles. The van der Waals surface area contributed by atoms with E-state index in [2.05, 4.69) is 47.0 Å². The summed E-state index contributed by atoms with van der Waals surface area (Å²) in [7, 11) is 1.14. The van der Waals surface area contributed by atoms with Crippen molar-refractivity contribution in [2.75, 3.05) is 33.9 Å². The van der Waals surface area contributed by atoms with E-state index in [4.69, 9.17) is 13.9 Å². The zero-order valence-corrected chi connectivity index (χ0v) is 28.3. The number of carbonyl (C=O) groups is 4. The maximum absolute atomic E-state index is 13.7. The topological polar surface area (TPSA) is 106 Å². The van der Waals surface area contributed by atoms with E-state index >= 15 is 0 Å². The first-order valence-corrected chi connectivity index (χ1v) is 18.2. The Morgan fingerprint density at radius 2 is 1.74 bits per heavy atom. The summed E-state index contributed by atoms with van der Waals surface area (Å²) >= 11 is 1.44. The number of rotatable bonds is 11. The van der Waals surface area contributed by atoms with E-state index in [0.717, 1.165) is 4.91 Å². The molecular formula is C30H47N3O7SSi. The van der Waals surface area contributed by atoms with E-state index in [1.54, 1.807) is 19.0 Å². The molecule has 3 heterocycles. The molecule has 6 atom stereocenters. The number of nitrogens with zero attached hydrogens (tertiary/aromatic N) is 3. The molecule has 12 heteroatoms. The number of carbonyl (C=O) groups excluding carboxylic acids is 4. The number of amides is 3. The van der Waals surface area contributed by atoms with Crippen molar-refractivity contribution in [3.8, 4) is 0 Å². The van der Waals surface area contributed by atoms with Crippen LogP contribution < -0.4 is 0 Å². The SMILES string of the molecule is C=CCOC(=O)C1=C(S[C@H]2C[C@@H](C(=O)N(C)C)N(C(=O)OCC=C)C2)[C@H](C)[C@@H]2[C@@H]([C@@H](C)O[Si](C)(C)C(C)(C)C)C(=O)N12. The Bertz CT molecular complexity index is 1150. The van der Waals surface area contributed by atoms with Crippen LogP contribution in [0.25, 0.3) is 0 Å². The zero-order chi connectivity index (χ0) is 31.7. The highest BCUT2D eigenvalue weighted by atomic mass is 32.2. The van der Waals surface area contributed by atoms with Gasteiger partial charge in [0.05, 0.1) is 18.1 Å². The van der Waals surface area contributed by atoms with Crippen LogP contribution in [-0.2, 0) is 28.3 Å². The lowest BCUT2D eigenvalue weighted by atomic mass is 9.79. The van der Waals surface area contributed by atoms with Crippen LogP contribution in [0.1, 0.15) is 41.0 Å². The Morgan fingerprint density at radius 1 is 1.14 bits per heavy atom. The lowest BCUT2D eigenvalue weighted by molar-refractivity contribution is -0.163. The molecule has 0 aromatic heterocycles. The molecule has 2 fully saturated rings. The molecular weight excluding hydrogens is 574 g/mol. The number of hydrogen-bond acceptors (Lipinski definition) is 8. The molecule has 3 aliphatic heterocycles. The predicted octanol–water partition coefficient (Wildman–Crippen LogP) is 4.40. The number of ether oxygens (including phenoxy) is 2. The second-order valence-corrected chi connectivity index (χ2v) is 19.0. The predicted molar refractivity (Wildman–Crippen MR) is 166 cm³/mol. The van der Waals surface area contributed by atoms with Gasteiger partial charge in [-0.1, -0.05) is 53.0 Å². The summed E-state index contributed by atoms with van der Waals surface area (Å²) < 4.78 is 17.3. The fourth-order valence-electron chi connectivity index (χ4n) is 5.58. The molecule has 234 valence electrons. The van der Waals surface area contributed by atoms with E-state index in [1.165, 1.54) is 33.7 Å². The largest absolute Gasteiger partial charge is 0.457 e. The molecule has 0 spiro atoms. The summed E-state index contributed by atoms with van der Waals surface area (Å²) in [6.07, 6.45) is 2.43. The summed E-state index contributed by atoms with van der Waals surface area (Å²) in [6, 6.07) is -0.951. The van der Waals surface area contributed by atoms with E-state index in [1.807, 2.05) is 13.8 Å². The Hall–Kier alpha value is -2.57. The molecule has 3 aliphatic rings. The van der Waals surface area contributed by atoms with E-state index in [9.17, 15) is 19.2 Å². The van der Waals surface area contributed by atoms with Crippen molar-refractivity contribution < 1.29 is 33.1 Å². The van der Waals surface area contributed by atoms with Crippen LogP contribution in [0.3, 0.4) is 0 Å². The number of thioether (sulfide) groups is 1. The van der Waals surface area contributed by atoms with Crippen molar-refractivity contribution in [3.05, 3.63) is 35.9 Å². The molecule has 3 rings (SSSR count).